The fourth-order valence-corrected chi connectivity index (χ4v) is 2.99. The van der Waals surface area contributed by atoms with Crippen molar-refractivity contribution in [3.8, 4) is 12.5 Å². The molecule has 0 saturated heterocycles. The lowest BCUT2D eigenvalue weighted by molar-refractivity contribution is 0.240. The second kappa shape index (κ2) is 14.5. The zero-order valence-electron chi connectivity index (χ0n) is 18.9. The van der Waals surface area contributed by atoms with Gasteiger partial charge in [0.25, 0.3) is 0 Å². The molecule has 0 aliphatic heterocycles. The van der Waals surface area contributed by atoms with Crippen molar-refractivity contribution in [3.63, 3.8) is 0 Å². The van der Waals surface area contributed by atoms with Gasteiger partial charge in [0.05, 0.1) is 20.1 Å². The van der Waals surface area contributed by atoms with Crippen LogP contribution in [0.15, 0.2) is 51.9 Å². The van der Waals surface area contributed by atoms with E-state index in [2.05, 4.69) is 18.1 Å². The molecule has 0 aliphatic carbocycles. The van der Waals surface area contributed by atoms with E-state index in [1.54, 1.807) is 39.1 Å². The lowest BCUT2D eigenvalue weighted by Gasteiger charge is -2.30. The lowest BCUT2D eigenvalue weighted by Crippen LogP contribution is -2.35. The van der Waals surface area contributed by atoms with E-state index in [9.17, 15) is 5.11 Å². The molecule has 0 amide bonds. The zero-order chi connectivity index (χ0) is 22.4. The summed E-state index contributed by atoms with van der Waals surface area (Å²) in [7, 11) is 4.87. The minimum absolute atomic E-state index is 0.00462. The molecular formula is C22H35N3O3S. The molecule has 162 valence electrons. The summed E-state index contributed by atoms with van der Waals surface area (Å²) in [5, 5.41) is 16.7. The molecule has 0 aromatic rings. The van der Waals surface area contributed by atoms with Gasteiger partial charge in [-0.2, -0.15) is 0 Å². The number of hydrogen-bond donors (Lipinski definition) is 1. The summed E-state index contributed by atoms with van der Waals surface area (Å²) in [5.74, 6) is 3.03. The molecule has 29 heavy (non-hydrogen) atoms. The van der Waals surface area contributed by atoms with Crippen LogP contribution in [0.1, 0.15) is 41.0 Å². The van der Waals surface area contributed by atoms with Crippen LogP contribution < -0.4 is 0 Å². The number of nitrogens with zero attached hydrogens (tertiary/aromatic N) is 3. The first-order chi connectivity index (χ1) is 13.8. The molecule has 6 nitrogen and oxygen atoms in total. The summed E-state index contributed by atoms with van der Waals surface area (Å²) in [6.45, 7) is 9.76. The van der Waals surface area contributed by atoms with Crippen molar-refractivity contribution in [2.45, 2.75) is 41.0 Å². The van der Waals surface area contributed by atoms with Crippen LogP contribution in [0.3, 0.4) is 0 Å². The predicted octanol–water partition coefficient (Wildman–Crippen LogP) is 5.06. The molecule has 0 aliphatic rings. The third kappa shape index (κ3) is 8.20. The third-order valence-electron chi connectivity index (χ3n) is 3.98. The van der Waals surface area contributed by atoms with Gasteiger partial charge < -0.3 is 19.5 Å². The number of terminal acetylenes is 1. The average Bonchev–Trinajstić information content (AvgIpc) is 2.73. The standard InChI is InChI=1S/C22H35N3O3S/c1-10-17(6)15-18(26)22(23-24(7)13-4)25(16-29-14-5)21(19(11-2)27-8)20(12-3)28-9/h4,10-11,15,26H,12,14,16H2,1-3,5-9H3/b17-10+,18-15-,19-11+,21-20-,23-22-. The second-order valence-electron chi connectivity index (χ2n) is 5.88. The van der Waals surface area contributed by atoms with Crippen LogP contribution in [0.2, 0.25) is 0 Å². The number of ether oxygens (including phenoxy) is 2. The summed E-state index contributed by atoms with van der Waals surface area (Å²) < 4.78 is 11.3. The number of thioether (sulfide) groups is 1. The Bertz CT molecular complexity index is 709. The highest BCUT2D eigenvalue weighted by atomic mass is 32.2. The van der Waals surface area contributed by atoms with E-state index >= 15 is 0 Å². The smallest absolute Gasteiger partial charge is 0.197 e. The summed E-state index contributed by atoms with van der Waals surface area (Å²) in [6, 6.07) is 2.45. The lowest BCUT2D eigenvalue weighted by atomic mass is 10.2. The first kappa shape index (κ1) is 26.5. The quantitative estimate of drug-likeness (QED) is 0.0735. The molecule has 0 saturated carbocycles. The number of methoxy groups -OCH3 is 2. The SMILES string of the molecule is C#CN(C)/N=C(/C(O)=C/C(C)=C/C)N(CSCC)C(=C(/CC)OC)/C(=C\C)OC. The van der Waals surface area contributed by atoms with Gasteiger partial charge in [-0.25, -0.2) is 5.01 Å². The van der Waals surface area contributed by atoms with Crippen molar-refractivity contribution in [2.75, 3.05) is 32.9 Å². The Labute approximate surface area is 180 Å². The summed E-state index contributed by atoms with van der Waals surface area (Å²) >= 11 is 1.68. The van der Waals surface area contributed by atoms with E-state index in [0.717, 1.165) is 11.3 Å². The molecule has 1 N–H and O–H groups in total. The molecule has 0 aromatic heterocycles. The van der Waals surface area contributed by atoms with Crippen LogP contribution in [0, 0.1) is 12.5 Å². The summed E-state index contributed by atoms with van der Waals surface area (Å²) in [4.78, 5) is 1.87. The van der Waals surface area contributed by atoms with Gasteiger partial charge in [0.2, 0.25) is 0 Å². The number of rotatable bonds is 11. The van der Waals surface area contributed by atoms with Crippen molar-refractivity contribution in [2.24, 2.45) is 5.10 Å². The van der Waals surface area contributed by atoms with Crippen molar-refractivity contribution >= 4 is 17.6 Å². The Morgan fingerprint density at radius 1 is 1.21 bits per heavy atom. The number of aliphatic hydroxyl groups excluding tert-OH is 1. The van der Waals surface area contributed by atoms with Crippen LogP contribution in [-0.2, 0) is 9.47 Å². The largest absolute Gasteiger partial charge is 0.504 e. The highest BCUT2D eigenvalue weighted by Gasteiger charge is 2.27. The van der Waals surface area contributed by atoms with E-state index in [1.807, 2.05) is 44.7 Å². The molecule has 0 heterocycles. The van der Waals surface area contributed by atoms with E-state index < -0.39 is 0 Å². The van der Waals surface area contributed by atoms with E-state index in [1.165, 1.54) is 5.01 Å². The minimum Gasteiger partial charge on any atom is -0.504 e. The van der Waals surface area contributed by atoms with Crippen LogP contribution in [0.4, 0.5) is 0 Å². The Balaban J connectivity index is 6.95. The van der Waals surface area contributed by atoms with Gasteiger partial charge in [-0.3, -0.25) is 0 Å². The van der Waals surface area contributed by atoms with Gasteiger partial charge in [-0.15, -0.1) is 16.9 Å². The molecule has 0 radical (unpaired) electrons. The number of allylic oxidation sites excluding steroid dienone is 5. The normalized spacial score (nSPS) is 14.2. The fraction of sp³-hybridized carbons (Fsp3) is 0.500. The van der Waals surface area contributed by atoms with Gasteiger partial charge in [0, 0.05) is 19.5 Å². The number of amidine groups is 1. The Hall–Kier alpha value is -2.46. The van der Waals surface area contributed by atoms with Gasteiger partial charge in [0.1, 0.15) is 17.2 Å². The highest BCUT2D eigenvalue weighted by Crippen LogP contribution is 2.27. The van der Waals surface area contributed by atoms with Crippen molar-refractivity contribution in [1.29, 1.82) is 0 Å². The molecule has 0 fully saturated rings. The first-order valence-electron chi connectivity index (χ1n) is 9.50. The van der Waals surface area contributed by atoms with E-state index in [-0.39, 0.29) is 5.76 Å². The Morgan fingerprint density at radius 2 is 1.86 bits per heavy atom. The topological polar surface area (TPSA) is 57.5 Å². The zero-order valence-corrected chi connectivity index (χ0v) is 19.8. The second-order valence-corrected chi connectivity index (χ2v) is 7.12. The van der Waals surface area contributed by atoms with Gasteiger partial charge in [-0.05, 0) is 38.7 Å². The van der Waals surface area contributed by atoms with Crippen LogP contribution >= 0.6 is 11.8 Å². The first-order valence-corrected chi connectivity index (χ1v) is 10.7. The predicted molar refractivity (Wildman–Crippen MR) is 124 cm³/mol. The van der Waals surface area contributed by atoms with Crippen molar-refractivity contribution < 1.29 is 14.6 Å². The molecule has 0 bridgehead atoms. The monoisotopic (exact) mass is 421 g/mol. The number of hydrogen-bond acceptors (Lipinski definition) is 6. The molecular weight excluding hydrogens is 386 g/mol. The summed E-state index contributed by atoms with van der Waals surface area (Å²) in [5.41, 5.74) is 1.59. The van der Waals surface area contributed by atoms with Crippen LogP contribution in [-0.4, -0.2) is 53.7 Å². The molecule has 0 aromatic carbocycles. The Morgan fingerprint density at radius 3 is 2.28 bits per heavy atom. The van der Waals surface area contributed by atoms with Gasteiger partial charge in [0.15, 0.2) is 11.6 Å². The number of aliphatic hydroxyl groups is 1. The molecule has 0 rings (SSSR count). The maximum atomic E-state index is 10.9. The maximum Gasteiger partial charge on any atom is 0.197 e. The molecule has 0 unspecified atom stereocenters. The third-order valence-corrected chi connectivity index (χ3v) is 4.83. The minimum atomic E-state index is -0.00462. The van der Waals surface area contributed by atoms with Crippen LogP contribution in [0.25, 0.3) is 0 Å². The number of hydrazone groups is 1. The van der Waals surface area contributed by atoms with Gasteiger partial charge >= 0.3 is 0 Å². The Kier molecular flexibility index (Phi) is 13.3. The van der Waals surface area contributed by atoms with E-state index in [4.69, 9.17) is 15.9 Å². The molecule has 0 atom stereocenters. The molecule has 0 spiro atoms. The van der Waals surface area contributed by atoms with Gasteiger partial charge in [-0.1, -0.05) is 31.9 Å². The molecule has 7 heteroatoms. The van der Waals surface area contributed by atoms with E-state index in [0.29, 0.717) is 35.3 Å². The summed E-state index contributed by atoms with van der Waals surface area (Å²) in [6.07, 6.45) is 11.6. The average molecular weight is 422 g/mol. The van der Waals surface area contributed by atoms with Crippen molar-refractivity contribution in [1.82, 2.24) is 9.91 Å². The van der Waals surface area contributed by atoms with Crippen molar-refractivity contribution in [3.05, 3.63) is 46.8 Å². The van der Waals surface area contributed by atoms with Crippen LogP contribution in [0.5, 0.6) is 0 Å². The fourth-order valence-electron chi connectivity index (χ4n) is 2.37. The maximum absolute atomic E-state index is 10.9. The highest BCUT2D eigenvalue weighted by molar-refractivity contribution is 7.99.